The van der Waals surface area contributed by atoms with E-state index in [4.69, 9.17) is 5.26 Å². The Labute approximate surface area is 140 Å². The number of nitriles is 1. The zero-order valence-electron chi connectivity index (χ0n) is 12.7. The van der Waals surface area contributed by atoms with E-state index in [2.05, 4.69) is 10.3 Å². The molecule has 0 saturated carbocycles. The third-order valence-electron chi connectivity index (χ3n) is 3.49. The van der Waals surface area contributed by atoms with E-state index in [0.29, 0.717) is 11.3 Å². The summed E-state index contributed by atoms with van der Waals surface area (Å²) in [6.07, 6.45) is -4.68. The van der Waals surface area contributed by atoms with E-state index in [0.717, 1.165) is 4.57 Å². The van der Waals surface area contributed by atoms with E-state index < -0.39 is 24.5 Å². The highest BCUT2D eigenvalue weighted by Crippen LogP contribution is 2.31. The quantitative estimate of drug-likeness (QED) is 0.790. The van der Waals surface area contributed by atoms with Crippen LogP contribution in [0.4, 0.5) is 18.9 Å². The summed E-state index contributed by atoms with van der Waals surface area (Å²) in [5, 5.41) is 11.3. The molecule has 126 valence electrons. The standard InChI is InChI=1S/C17H11F3N4O/c18-17(19,20)16-23-13-6-1-2-7-14(13)24(16)10-15(25)22-12-5-3-4-11(8-12)9-21/h1-8H,10H2,(H,22,25). The molecule has 0 unspecified atom stereocenters. The number of aromatic nitrogens is 2. The van der Waals surface area contributed by atoms with Crippen LogP contribution in [0.15, 0.2) is 48.5 Å². The number of anilines is 1. The number of hydrogen-bond acceptors (Lipinski definition) is 3. The third-order valence-corrected chi connectivity index (χ3v) is 3.49. The van der Waals surface area contributed by atoms with Crippen molar-refractivity contribution >= 4 is 22.6 Å². The molecular weight excluding hydrogens is 333 g/mol. The van der Waals surface area contributed by atoms with Gasteiger partial charge in [0.15, 0.2) is 0 Å². The number of benzene rings is 2. The number of carbonyl (C=O) groups is 1. The van der Waals surface area contributed by atoms with Gasteiger partial charge in [-0.25, -0.2) is 4.98 Å². The second-order valence-corrected chi connectivity index (χ2v) is 5.25. The monoisotopic (exact) mass is 344 g/mol. The Hall–Kier alpha value is -3.34. The molecule has 25 heavy (non-hydrogen) atoms. The summed E-state index contributed by atoms with van der Waals surface area (Å²) in [6, 6.07) is 14.1. The number of hydrogen-bond donors (Lipinski definition) is 1. The first-order valence-corrected chi connectivity index (χ1v) is 7.21. The summed E-state index contributed by atoms with van der Waals surface area (Å²) in [7, 11) is 0. The average molecular weight is 344 g/mol. The number of alkyl halides is 3. The molecule has 0 saturated heterocycles. The van der Waals surface area contributed by atoms with Crippen LogP contribution in [-0.2, 0) is 17.5 Å². The van der Waals surface area contributed by atoms with Gasteiger partial charge in [0.2, 0.25) is 11.7 Å². The summed E-state index contributed by atoms with van der Waals surface area (Å²) in [4.78, 5) is 15.8. The zero-order chi connectivity index (χ0) is 18.0. The largest absolute Gasteiger partial charge is 0.449 e. The van der Waals surface area contributed by atoms with Gasteiger partial charge in [-0.05, 0) is 30.3 Å². The predicted octanol–water partition coefficient (Wildman–Crippen LogP) is 3.57. The Morgan fingerprint density at radius 1 is 1.20 bits per heavy atom. The van der Waals surface area contributed by atoms with Crippen molar-refractivity contribution in [2.24, 2.45) is 0 Å². The minimum atomic E-state index is -4.68. The summed E-state index contributed by atoms with van der Waals surface area (Å²) < 4.78 is 40.5. The van der Waals surface area contributed by atoms with Gasteiger partial charge in [0, 0.05) is 5.69 Å². The second-order valence-electron chi connectivity index (χ2n) is 5.25. The van der Waals surface area contributed by atoms with E-state index in [9.17, 15) is 18.0 Å². The molecule has 0 bridgehead atoms. The molecule has 3 aromatic rings. The molecule has 2 aromatic carbocycles. The maximum Gasteiger partial charge on any atom is 0.449 e. The first kappa shape index (κ1) is 16.5. The lowest BCUT2D eigenvalue weighted by molar-refractivity contribution is -0.147. The highest BCUT2D eigenvalue weighted by Gasteiger charge is 2.37. The summed E-state index contributed by atoms with van der Waals surface area (Å²) >= 11 is 0. The van der Waals surface area contributed by atoms with Gasteiger partial charge in [-0.15, -0.1) is 0 Å². The molecule has 3 rings (SSSR count). The van der Waals surface area contributed by atoms with Crippen molar-refractivity contribution in [1.82, 2.24) is 9.55 Å². The average Bonchev–Trinajstić information content (AvgIpc) is 2.94. The number of nitrogens with one attached hydrogen (secondary N) is 1. The van der Waals surface area contributed by atoms with Gasteiger partial charge < -0.3 is 9.88 Å². The van der Waals surface area contributed by atoms with Gasteiger partial charge in [0.1, 0.15) is 6.54 Å². The number of rotatable bonds is 3. The van der Waals surface area contributed by atoms with Crippen LogP contribution in [0.25, 0.3) is 11.0 Å². The van der Waals surface area contributed by atoms with Gasteiger partial charge >= 0.3 is 6.18 Å². The molecule has 0 atom stereocenters. The Morgan fingerprint density at radius 2 is 1.96 bits per heavy atom. The maximum absolute atomic E-state index is 13.2. The fourth-order valence-electron chi connectivity index (χ4n) is 2.46. The molecule has 1 N–H and O–H groups in total. The topological polar surface area (TPSA) is 70.7 Å². The first-order valence-electron chi connectivity index (χ1n) is 7.21. The number of imidazole rings is 1. The molecule has 1 amide bonds. The van der Waals surface area contributed by atoms with E-state index in [1.54, 1.807) is 30.3 Å². The van der Waals surface area contributed by atoms with Gasteiger partial charge in [-0.2, -0.15) is 18.4 Å². The lowest BCUT2D eigenvalue weighted by atomic mass is 10.2. The van der Waals surface area contributed by atoms with E-state index >= 15 is 0 Å². The molecule has 0 spiro atoms. The molecule has 8 heteroatoms. The number of para-hydroxylation sites is 2. The van der Waals surface area contributed by atoms with Crippen LogP contribution in [0.5, 0.6) is 0 Å². The zero-order valence-corrected chi connectivity index (χ0v) is 12.7. The molecule has 0 aliphatic rings. The summed E-state index contributed by atoms with van der Waals surface area (Å²) in [5.74, 6) is -1.78. The molecule has 5 nitrogen and oxygen atoms in total. The molecule has 1 heterocycles. The fourth-order valence-corrected chi connectivity index (χ4v) is 2.46. The smallest absolute Gasteiger partial charge is 0.324 e. The molecule has 0 aliphatic heterocycles. The minimum Gasteiger partial charge on any atom is -0.324 e. The van der Waals surface area contributed by atoms with Crippen LogP contribution < -0.4 is 5.32 Å². The van der Waals surface area contributed by atoms with E-state index in [1.807, 2.05) is 6.07 Å². The van der Waals surface area contributed by atoms with Crippen molar-refractivity contribution in [2.45, 2.75) is 12.7 Å². The highest BCUT2D eigenvalue weighted by molar-refractivity contribution is 5.92. The molecule has 1 aromatic heterocycles. The number of halogens is 3. The Bertz CT molecular complexity index is 985. The van der Waals surface area contributed by atoms with Crippen molar-refractivity contribution in [3.8, 4) is 6.07 Å². The minimum absolute atomic E-state index is 0.161. The number of nitrogens with zero attached hydrogens (tertiary/aromatic N) is 3. The first-order chi connectivity index (χ1) is 11.9. The molecular formula is C17H11F3N4O. The summed E-state index contributed by atoms with van der Waals surface area (Å²) in [6.45, 7) is -0.549. The Balaban J connectivity index is 1.91. The lowest BCUT2D eigenvalue weighted by Crippen LogP contribution is -2.23. The number of fused-ring (bicyclic) bond motifs is 1. The van der Waals surface area contributed by atoms with Crippen LogP contribution in [0, 0.1) is 11.3 Å². The Morgan fingerprint density at radius 3 is 2.68 bits per heavy atom. The van der Waals surface area contributed by atoms with Crippen molar-refractivity contribution in [3.63, 3.8) is 0 Å². The second kappa shape index (κ2) is 6.28. The molecule has 0 fully saturated rings. The van der Waals surface area contributed by atoms with Crippen LogP contribution in [-0.4, -0.2) is 15.5 Å². The van der Waals surface area contributed by atoms with Crippen molar-refractivity contribution in [2.75, 3.05) is 5.32 Å². The maximum atomic E-state index is 13.2. The summed E-state index contributed by atoms with van der Waals surface area (Å²) in [5.41, 5.74) is 1.05. The van der Waals surface area contributed by atoms with E-state index in [-0.39, 0.29) is 11.0 Å². The van der Waals surface area contributed by atoms with Crippen LogP contribution in [0.1, 0.15) is 11.4 Å². The van der Waals surface area contributed by atoms with Crippen LogP contribution in [0.2, 0.25) is 0 Å². The molecule has 0 radical (unpaired) electrons. The van der Waals surface area contributed by atoms with Crippen molar-refractivity contribution in [1.29, 1.82) is 5.26 Å². The fraction of sp³-hybridized carbons (Fsp3) is 0.118. The number of amides is 1. The van der Waals surface area contributed by atoms with Gasteiger partial charge in [0.25, 0.3) is 0 Å². The lowest BCUT2D eigenvalue weighted by Gasteiger charge is -2.11. The van der Waals surface area contributed by atoms with Gasteiger partial charge in [-0.3, -0.25) is 4.79 Å². The van der Waals surface area contributed by atoms with Crippen LogP contribution >= 0.6 is 0 Å². The molecule has 0 aliphatic carbocycles. The van der Waals surface area contributed by atoms with Crippen molar-refractivity contribution < 1.29 is 18.0 Å². The Kier molecular flexibility index (Phi) is 4.15. The highest BCUT2D eigenvalue weighted by atomic mass is 19.4. The van der Waals surface area contributed by atoms with Gasteiger partial charge in [0.05, 0.1) is 22.7 Å². The van der Waals surface area contributed by atoms with E-state index in [1.165, 1.54) is 18.2 Å². The van der Waals surface area contributed by atoms with Crippen LogP contribution in [0.3, 0.4) is 0 Å². The number of carbonyl (C=O) groups excluding carboxylic acids is 1. The third kappa shape index (κ3) is 3.45. The van der Waals surface area contributed by atoms with Crippen molar-refractivity contribution in [3.05, 3.63) is 59.9 Å². The predicted molar refractivity (Wildman–Crippen MR) is 84.5 cm³/mol. The van der Waals surface area contributed by atoms with Gasteiger partial charge in [-0.1, -0.05) is 18.2 Å². The normalized spacial score (nSPS) is 11.3. The SMILES string of the molecule is N#Cc1cccc(NC(=O)Cn2c(C(F)(F)F)nc3ccccc32)c1.